The Labute approximate surface area is 156 Å². The predicted molar refractivity (Wildman–Crippen MR) is 93.5 cm³/mol. The van der Waals surface area contributed by atoms with Gasteiger partial charge in [0.05, 0.1) is 22.3 Å². The minimum atomic E-state index is -1.70. The maximum Gasteiger partial charge on any atom is 0.244 e. The van der Waals surface area contributed by atoms with Crippen molar-refractivity contribution >= 4 is 46.8 Å². The number of carbonyl (C=O) groups is 2. The molecular weight excluding hydrogens is 392 g/mol. The lowest BCUT2D eigenvalue weighted by Gasteiger charge is -2.07. The van der Waals surface area contributed by atoms with E-state index in [1.165, 1.54) is 6.08 Å². The van der Waals surface area contributed by atoms with Crippen LogP contribution < -0.4 is 10.6 Å². The molecule has 0 aromatic heterocycles. The van der Waals surface area contributed by atoms with Crippen LogP contribution in [-0.2, 0) is 9.59 Å². The van der Waals surface area contributed by atoms with Crippen LogP contribution in [0.15, 0.2) is 36.4 Å². The van der Waals surface area contributed by atoms with E-state index in [4.69, 9.17) is 23.2 Å². The Morgan fingerprint density at radius 1 is 1.00 bits per heavy atom. The Hall–Kier alpha value is -2.51. The zero-order chi connectivity index (χ0) is 19.3. The van der Waals surface area contributed by atoms with Crippen LogP contribution in [0.25, 0.3) is 6.08 Å². The molecule has 0 radical (unpaired) electrons. The van der Waals surface area contributed by atoms with Gasteiger partial charge in [-0.05, 0) is 35.9 Å². The van der Waals surface area contributed by atoms with Crippen molar-refractivity contribution in [2.24, 2.45) is 0 Å². The summed E-state index contributed by atoms with van der Waals surface area (Å²) >= 11 is 11.6. The van der Waals surface area contributed by atoms with Crippen molar-refractivity contribution in [3.05, 3.63) is 69.5 Å². The first-order chi connectivity index (χ1) is 12.3. The molecule has 0 bridgehead atoms. The number of carbonyl (C=O) groups excluding carboxylic acids is 2. The van der Waals surface area contributed by atoms with Gasteiger partial charge in [-0.3, -0.25) is 9.59 Å². The van der Waals surface area contributed by atoms with Crippen molar-refractivity contribution in [3.8, 4) is 0 Å². The molecule has 0 heterocycles. The van der Waals surface area contributed by atoms with Crippen molar-refractivity contribution in [3.63, 3.8) is 0 Å². The fourth-order valence-corrected chi connectivity index (χ4v) is 2.14. The minimum Gasteiger partial charge on any atom is -0.343 e. The molecule has 4 nitrogen and oxygen atoms in total. The van der Waals surface area contributed by atoms with E-state index in [-0.39, 0.29) is 0 Å². The number of nitrogens with one attached hydrogen (secondary N) is 2. The molecule has 2 aromatic carbocycles. The van der Waals surface area contributed by atoms with E-state index in [0.717, 1.165) is 12.1 Å². The zero-order valence-electron chi connectivity index (χ0n) is 13.0. The summed E-state index contributed by atoms with van der Waals surface area (Å²) in [5.74, 6) is -6.01. The van der Waals surface area contributed by atoms with E-state index in [9.17, 15) is 22.8 Å². The van der Waals surface area contributed by atoms with Crippen molar-refractivity contribution in [1.82, 2.24) is 5.32 Å². The standard InChI is InChI=1S/C17H11Cl2F3N2O2/c18-10-3-1-9(7-11(10)19)2-6-14(25)23-8-15(26)24-13-5-4-12(20)16(21)17(13)22/h1-7H,8H2,(H,23,25)(H,24,26)/b6-2+. The third-order valence-electron chi connectivity index (χ3n) is 3.10. The summed E-state index contributed by atoms with van der Waals surface area (Å²) in [4.78, 5) is 23.3. The van der Waals surface area contributed by atoms with Gasteiger partial charge in [-0.25, -0.2) is 13.2 Å². The molecule has 0 aliphatic heterocycles. The Morgan fingerprint density at radius 3 is 2.42 bits per heavy atom. The zero-order valence-corrected chi connectivity index (χ0v) is 14.5. The predicted octanol–water partition coefficient (Wildman–Crippen LogP) is 4.18. The Kier molecular flexibility index (Phi) is 6.65. The highest BCUT2D eigenvalue weighted by Crippen LogP contribution is 2.23. The Balaban J connectivity index is 1.88. The molecule has 26 heavy (non-hydrogen) atoms. The average Bonchev–Trinajstić information content (AvgIpc) is 2.61. The normalized spacial score (nSPS) is 10.8. The van der Waals surface area contributed by atoms with Crippen LogP contribution >= 0.6 is 23.2 Å². The van der Waals surface area contributed by atoms with E-state index in [1.807, 2.05) is 5.32 Å². The highest BCUT2D eigenvalue weighted by atomic mass is 35.5. The first-order valence-corrected chi connectivity index (χ1v) is 7.88. The third-order valence-corrected chi connectivity index (χ3v) is 3.84. The average molecular weight is 403 g/mol. The van der Waals surface area contributed by atoms with Gasteiger partial charge in [0.1, 0.15) is 0 Å². The molecule has 0 aliphatic rings. The lowest BCUT2D eigenvalue weighted by molar-refractivity contribution is -0.121. The molecule has 0 saturated carbocycles. The molecule has 0 aliphatic carbocycles. The van der Waals surface area contributed by atoms with E-state index in [0.29, 0.717) is 21.7 Å². The topological polar surface area (TPSA) is 58.2 Å². The number of benzene rings is 2. The molecule has 0 saturated heterocycles. The summed E-state index contributed by atoms with van der Waals surface area (Å²) in [6.45, 7) is -0.497. The first kappa shape index (κ1) is 19.8. The smallest absolute Gasteiger partial charge is 0.244 e. The van der Waals surface area contributed by atoms with Crippen LogP contribution in [0.2, 0.25) is 10.0 Å². The summed E-state index contributed by atoms with van der Waals surface area (Å²) in [7, 11) is 0. The minimum absolute atomic E-state index is 0.321. The van der Waals surface area contributed by atoms with Crippen LogP contribution in [-0.4, -0.2) is 18.4 Å². The highest BCUT2D eigenvalue weighted by molar-refractivity contribution is 6.42. The lowest BCUT2D eigenvalue weighted by atomic mass is 10.2. The molecule has 9 heteroatoms. The number of hydrogen-bond acceptors (Lipinski definition) is 2. The highest BCUT2D eigenvalue weighted by Gasteiger charge is 2.15. The van der Waals surface area contributed by atoms with Gasteiger partial charge >= 0.3 is 0 Å². The maximum absolute atomic E-state index is 13.4. The fraction of sp³-hybridized carbons (Fsp3) is 0.0588. The van der Waals surface area contributed by atoms with E-state index in [2.05, 4.69) is 5.32 Å². The second kappa shape index (κ2) is 8.73. The van der Waals surface area contributed by atoms with Gasteiger partial charge in [-0.15, -0.1) is 0 Å². The summed E-state index contributed by atoms with van der Waals surface area (Å²) in [5.41, 5.74) is 0.0809. The molecule has 2 rings (SSSR count). The molecule has 2 N–H and O–H groups in total. The fourth-order valence-electron chi connectivity index (χ4n) is 1.83. The maximum atomic E-state index is 13.4. The van der Waals surface area contributed by atoms with Crippen molar-refractivity contribution in [2.75, 3.05) is 11.9 Å². The van der Waals surface area contributed by atoms with Crippen LogP contribution in [0, 0.1) is 17.5 Å². The largest absolute Gasteiger partial charge is 0.343 e. The Bertz CT molecular complexity index is 889. The molecule has 0 atom stereocenters. The number of anilines is 1. The molecule has 0 fully saturated rings. The summed E-state index contributed by atoms with van der Waals surface area (Å²) in [6, 6.07) is 6.29. The molecule has 2 aromatic rings. The molecule has 0 unspecified atom stereocenters. The Morgan fingerprint density at radius 2 is 1.73 bits per heavy atom. The van der Waals surface area contributed by atoms with Gasteiger partial charge in [0, 0.05) is 6.08 Å². The van der Waals surface area contributed by atoms with Crippen molar-refractivity contribution in [1.29, 1.82) is 0 Å². The lowest BCUT2D eigenvalue weighted by Crippen LogP contribution is -2.32. The number of amides is 2. The van der Waals surface area contributed by atoms with E-state index < -0.39 is 41.5 Å². The number of rotatable bonds is 5. The van der Waals surface area contributed by atoms with Gasteiger partial charge < -0.3 is 10.6 Å². The van der Waals surface area contributed by atoms with Crippen molar-refractivity contribution in [2.45, 2.75) is 0 Å². The van der Waals surface area contributed by atoms with Gasteiger partial charge in [0.2, 0.25) is 11.8 Å². The second-order valence-corrected chi connectivity index (χ2v) is 5.81. The van der Waals surface area contributed by atoms with Gasteiger partial charge in [0.15, 0.2) is 17.5 Å². The molecule has 0 spiro atoms. The SMILES string of the molecule is O=C(/C=C/c1ccc(Cl)c(Cl)c1)NCC(=O)Nc1ccc(F)c(F)c1F. The number of hydrogen-bond donors (Lipinski definition) is 2. The monoisotopic (exact) mass is 402 g/mol. The van der Waals surface area contributed by atoms with Gasteiger partial charge in [-0.2, -0.15) is 0 Å². The van der Waals surface area contributed by atoms with E-state index >= 15 is 0 Å². The van der Waals surface area contributed by atoms with Crippen LogP contribution in [0.1, 0.15) is 5.56 Å². The number of halogens is 5. The molecule has 2 amide bonds. The van der Waals surface area contributed by atoms with Crippen molar-refractivity contribution < 1.29 is 22.8 Å². The summed E-state index contributed by atoms with van der Waals surface area (Å²) in [6.07, 6.45) is 2.61. The van der Waals surface area contributed by atoms with Crippen LogP contribution in [0.3, 0.4) is 0 Å². The summed E-state index contributed by atoms with van der Waals surface area (Å²) < 4.78 is 39.3. The van der Waals surface area contributed by atoms with Crippen LogP contribution in [0.4, 0.5) is 18.9 Å². The quantitative estimate of drug-likeness (QED) is 0.582. The first-order valence-electron chi connectivity index (χ1n) is 7.12. The van der Waals surface area contributed by atoms with Gasteiger partial charge in [-0.1, -0.05) is 29.3 Å². The van der Waals surface area contributed by atoms with E-state index in [1.54, 1.807) is 18.2 Å². The van der Waals surface area contributed by atoms with Gasteiger partial charge in [0.25, 0.3) is 0 Å². The molecule has 136 valence electrons. The third kappa shape index (κ3) is 5.24. The second-order valence-electron chi connectivity index (χ2n) is 5.00. The van der Waals surface area contributed by atoms with Crippen LogP contribution in [0.5, 0.6) is 0 Å². The summed E-state index contributed by atoms with van der Waals surface area (Å²) in [5, 5.41) is 4.98. The molecular formula is C17H11Cl2F3N2O2.